The lowest BCUT2D eigenvalue weighted by atomic mass is 9.94. The van der Waals surface area contributed by atoms with Gasteiger partial charge in [-0.2, -0.15) is 5.10 Å². The van der Waals surface area contributed by atoms with E-state index in [-0.39, 0.29) is 18.1 Å². The van der Waals surface area contributed by atoms with Gasteiger partial charge in [0.25, 0.3) is 0 Å². The number of carbonyl (C=O) groups is 1. The van der Waals surface area contributed by atoms with Gasteiger partial charge in [-0.1, -0.05) is 6.92 Å². The maximum atomic E-state index is 12.9. The van der Waals surface area contributed by atoms with Gasteiger partial charge in [-0.3, -0.25) is 14.4 Å². The van der Waals surface area contributed by atoms with Crippen LogP contribution in [-0.4, -0.2) is 63.9 Å². The second-order valence-corrected chi connectivity index (χ2v) is 7.68. The first-order chi connectivity index (χ1) is 12.0. The Morgan fingerprint density at radius 3 is 2.48 bits per heavy atom. The van der Waals surface area contributed by atoms with Crippen molar-refractivity contribution in [3.63, 3.8) is 0 Å². The van der Waals surface area contributed by atoms with Crippen molar-refractivity contribution >= 4 is 5.91 Å². The Morgan fingerprint density at radius 2 is 1.88 bits per heavy atom. The third kappa shape index (κ3) is 4.42. The Hall–Kier alpha value is -1.40. The van der Waals surface area contributed by atoms with Gasteiger partial charge >= 0.3 is 0 Å². The van der Waals surface area contributed by atoms with E-state index in [9.17, 15) is 4.79 Å². The third-order valence-corrected chi connectivity index (χ3v) is 5.39. The Balaban J connectivity index is 1.52. The van der Waals surface area contributed by atoms with E-state index in [2.05, 4.69) is 37.0 Å². The van der Waals surface area contributed by atoms with Crippen LogP contribution < -0.4 is 0 Å². The summed E-state index contributed by atoms with van der Waals surface area (Å²) in [6.45, 7) is 10.7. The molecule has 0 radical (unpaired) electrons. The molecule has 0 saturated carbocycles. The van der Waals surface area contributed by atoms with Crippen molar-refractivity contribution in [2.45, 2.75) is 58.8 Å². The fourth-order valence-electron chi connectivity index (χ4n) is 4.21. The molecule has 1 aromatic rings. The Bertz CT molecular complexity index is 582. The molecule has 2 fully saturated rings. The highest BCUT2D eigenvalue weighted by molar-refractivity contribution is 5.79. The van der Waals surface area contributed by atoms with Gasteiger partial charge in [-0.25, -0.2) is 0 Å². The Morgan fingerprint density at radius 1 is 1.24 bits per heavy atom. The molecule has 0 aliphatic carbocycles. The van der Waals surface area contributed by atoms with Crippen LogP contribution in [0.25, 0.3) is 0 Å². The molecule has 1 amide bonds. The molecule has 2 atom stereocenters. The number of likely N-dealkylation sites (tertiary alicyclic amines) is 1. The molecule has 6 nitrogen and oxygen atoms in total. The van der Waals surface area contributed by atoms with Crippen molar-refractivity contribution in [1.29, 1.82) is 0 Å². The van der Waals surface area contributed by atoms with Crippen molar-refractivity contribution < 1.29 is 9.53 Å². The number of hydrogen-bond acceptors (Lipinski definition) is 4. The third-order valence-electron chi connectivity index (χ3n) is 5.39. The van der Waals surface area contributed by atoms with Crippen LogP contribution in [0, 0.1) is 5.92 Å². The van der Waals surface area contributed by atoms with Crippen molar-refractivity contribution in [3.8, 4) is 0 Å². The summed E-state index contributed by atoms with van der Waals surface area (Å²) in [6.07, 6.45) is 5.31. The molecule has 2 saturated heterocycles. The molecule has 1 aromatic heterocycles. The highest BCUT2D eigenvalue weighted by atomic mass is 16.5. The summed E-state index contributed by atoms with van der Waals surface area (Å²) in [5, 5.41) is 4.53. The van der Waals surface area contributed by atoms with E-state index in [1.807, 2.05) is 16.6 Å². The summed E-state index contributed by atoms with van der Waals surface area (Å²) in [4.78, 5) is 17.3. The Labute approximate surface area is 151 Å². The maximum absolute atomic E-state index is 12.9. The highest BCUT2D eigenvalue weighted by Crippen LogP contribution is 2.23. The predicted molar refractivity (Wildman–Crippen MR) is 97.2 cm³/mol. The lowest BCUT2D eigenvalue weighted by Gasteiger charge is -2.39. The summed E-state index contributed by atoms with van der Waals surface area (Å²) in [6, 6.07) is 0. The van der Waals surface area contributed by atoms with Crippen LogP contribution >= 0.6 is 0 Å². The number of carbonyl (C=O) groups excluding carboxylic acids is 1. The molecule has 0 unspecified atom stereocenters. The smallest absolute Gasteiger partial charge is 0.225 e. The molecule has 0 N–H and O–H groups in total. The van der Waals surface area contributed by atoms with Crippen LogP contribution in [-0.2, 0) is 29.5 Å². The lowest BCUT2D eigenvalue weighted by Crippen LogP contribution is -2.51. The molecular formula is C19H32N4O2. The van der Waals surface area contributed by atoms with Gasteiger partial charge in [0.1, 0.15) is 0 Å². The van der Waals surface area contributed by atoms with Crippen LogP contribution in [0.4, 0.5) is 0 Å². The summed E-state index contributed by atoms with van der Waals surface area (Å²) < 4.78 is 7.66. The number of amides is 1. The number of hydrogen-bond donors (Lipinski definition) is 0. The molecule has 6 heteroatoms. The summed E-state index contributed by atoms with van der Waals surface area (Å²) in [5.41, 5.74) is 2.52. The van der Waals surface area contributed by atoms with Gasteiger partial charge in [0.2, 0.25) is 5.91 Å². The number of ether oxygens (including phenoxy) is 1. The first kappa shape index (κ1) is 18.4. The summed E-state index contributed by atoms with van der Waals surface area (Å²) in [7, 11) is 1.98. The number of aromatic nitrogens is 2. The van der Waals surface area contributed by atoms with E-state index < -0.39 is 0 Å². The second kappa shape index (κ2) is 7.87. The van der Waals surface area contributed by atoms with Crippen LogP contribution in [0.3, 0.4) is 0 Å². The van der Waals surface area contributed by atoms with Crippen molar-refractivity contribution in [3.05, 3.63) is 17.5 Å². The Kier molecular flexibility index (Phi) is 5.79. The monoisotopic (exact) mass is 348 g/mol. The quantitative estimate of drug-likeness (QED) is 0.833. The molecule has 2 aliphatic heterocycles. The zero-order valence-electron chi connectivity index (χ0n) is 16.1. The van der Waals surface area contributed by atoms with Gasteiger partial charge in [-0.05, 0) is 46.2 Å². The highest BCUT2D eigenvalue weighted by Gasteiger charge is 2.32. The van der Waals surface area contributed by atoms with Crippen LogP contribution in [0.15, 0.2) is 6.20 Å². The number of piperidine rings is 1. The van der Waals surface area contributed by atoms with E-state index in [0.29, 0.717) is 5.91 Å². The molecule has 3 rings (SSSR count). The fourth-order valence-corrected chi connectivity index (χ4v) is 4.21. The topological polar surface area (TPSA) is 50.6 Å². The number of aryl methyl sites for hydroxylation is 2. The van der Waals surface area contributed by atoms with Crippen molar-refractivity contribution in [2.75, 3.05) is 26.2 Å². The first-order valence-electron chi connectivity index (χ1n) is 9.64. The SMILES string of the molecule is CCc1nn(C)cc1CN1CCC(C(=O)N2C[C@@H](C)O[C@@H](C)C2)CC1. The normalized spacial score (nSPS) is 26.2. The van der Waals surface area contributed by atoms with E-state index in [1.54, 1.807) is 0 Å². The molecule has 140 valence electrons. The van der Waals surface area contributed by atoms with E-state index in [0.717, 1.165) is 52.0 Å². The van der Waals surface area contributed by atoms with Gasteiger partial charge in [0, 0.05) is 44.4 Å². The maximum Gasteiger partial charge on any atom is 0.225 e. The fraction of sp³-hybridized carbons (Fsp3) is 0.789. The van der Waals surface area contributed by atoms with E-state index in [1.165, 1.54) is 11.3 Å². The molecule has 3 heterocycles. The summed E-state index contributed by atoms with van der Waals surface area (Å²) >= 11 is 0. The van der Waals surface area contributed by atoms with E-state index in [4.69, 9.17) is 4.74 Å². The van der Waals surface area contributed by atoms with Gasteiger partial charge in [0.15, 0.2) is 0 Å². The first-order valence-corrected chi connectivity index (χ1v) is 9.64. The minimum absolute atomic E-state index is 0.144. The second-order valence-electron chi connectivity index (χ2n) is 7.68. The van der Waals surface area contributed by atoms with Crippen LogP contribution in [0.2, 0.25) is 0 Å². The molecule has 0 aromatic carbocycles. The molecule has 2 aliphatic rings. The average molecular weight is 348 g/mol. The number of nitrogens with zero attached hydrogens (tertiary/aromatic N) is 4. The van der Waals surface area contributed by atoms with Crippen LogP contribution in [0.1, 0.15) is 44.9 Å². The minimum atomic E-state index is 0.144. The largest absolute Gasteiger partial charge is 0.372 e. The zero-order chi connectivity index (χ0) is 18.0. The standard InChI is InChI=1S/C19H32N4O2/c1-5-18-17(12-21(4)20-18)13-22-8-6-16(7-9-22)19(24)23-10-14(2)25-15(3)11-23/h12,14-16H,5-11,13H2,1-4H3/t14-,15+. The van der Waals surface area contributed by atoms with Crippen molar-refractivity contribution in [1.82, 2.24) is 19.6 Å². The summed E-state index contributed by atoms with van der Waals surface area (Å²) in [5.74, 6) is 0.505. The van der Waals surface area contributed by atoms with Crippen molar-refractivity contribution in [2.24, 2.45) is 13.0 Å². The minimum Gasteiger partial charge on any atom is -0.372 e. The molecule has 0 spiro atoms. The van der Waals surface area contributed by atoms with Gasteiger partial charge < -0.3 is 9.64 Å². The van der Waals surface area contributed by atoms with Crippen LogP contribution in [0.5, 0.6) is 0 Å². The molecule has 25 heavy (non-hydrogen) atoms. The average Bonchev–Trinajstić information content (AvgIpc) is 2.93. The van der Waals surface area contributed by atoms with Gasteiger partial charge in [-0.15, -0.1) is 0 Å². The molecule has 0 bridgehead atoms. The molecular weight excluding hydrogens is 316 g/mol. The lowest BCUT2D eigenvalue weighted by molar-refractivity contribution is -0.148. The zero-order valence-corrected chi connectivity index (χ0v) is 16.1. The van der Waals surface area contributed by atoms with Gasteiger partial charge in [0.05, 0.1) is 17.9 Å². The van der Waals surface area contributed by atoms with E-state index >= 15 is 0 Å². The number of morpholine rings is 1. The predicted octanol–water partition coefficient (Wildman–Crippen LogP) is 1.83. The number of rotatable bonds is 4.